The van der Waals surface area contributed by atoms with Crippen molar-refractivity contribution in [2.45, 2.75) is 38.4 Å². The highest BCUT2D eigenvalue weighted by molar-refractivity contribution is 6.30. The number of rotatable bonds is 6. The summed E-state index contributed by atoms with van der Waals surface area (Å²) in [5.41, 5.74) is 0.476. The molecular formula is C14H21ClO3. The first-order valence-electron chi connectivity index (χ1n) is 5.96. The molecule has 102 valence electrons. The second kappa shape index (κ2) is 6.41. The van der Waals surface area contributed by atoms with Crippen molar-refractivity contribution in [1.29, 1.82) is 0 Å². The molecule has 0 saturated carbocycles. The third kappa shape index (κ3) is 4.16. The molecule has 1 rings (SSSR count). The summed E-state index contributed by atoms with van der Waals surface area (Å²) in [5.74, 6) is 0.655. The van der Waals surface area contributed by atoms with Gasteiger partial charge in [-0.05, 0) is 44.9 Å². The van der Waals surface area contributed by atoms with Gasteiger partial charge in [0.2, 0.25) is 0 Å². The Hall–Kier alpha value is -0.770. The van der Waals surface area contributed by atoms with Crippen LogP contribution in [-0.4, -0.2) is 24.9 Å². The van der Waals surface area contributed by atoms with E-state index in [1.165, 1.54) is 0 Å². The summed E-state index contributed by atoms with van der Waals surface area (Å²) < 4.78 is 10.6. The molecule has 1 unspecified atom stereocenters. The van der Waals surface area contributed by atoms with Crippen LogP contribution in [0.5, 0.6) is 5.75 Å². The molecule has 0 aliphatic heterocycles. The monoisotopic (exact) mass is 272 g/mol. The largest absolute Gasteiger partial charge is 0.496 e. The summed E-state index contributed by atoms with van der Waals surface area (Å²) >= 11 is 5.94. The lowest BCUT2D eigenvalue weighted by Crippen LogP contribution is -2.23. The third-order valence-electron chi connectivity index (χ3n) is 3.12. The van der Waals surface area contributed by atoms with Gasteiger partial charge in [-0.25, -0.2) is 0 Å². The lowest BCUT2D eigenvalue weighted by atomic mass is 9.96. The van der Waals surface area contributed by atoms with Crippen LogP contribution >= 0.6 is 11.6 Å². The molecule has 0 amide bonds. The molecule has 1 aromatic carbocycles. The molecule has 3 nitrogen and oxygen atoms in total. The van der Waals surface area contributed by atoms with Crippen molar-refractivity contribution < 1.29 is 14.6 Å². The number of hydrogen-bond acceptors (Lipinski definition) is 3. The fraction of sp³-hybridized carbons (Fsp3) is 0.571. The first-order chi connectivity index (χ1) is 8.39. The Kier molecular flexibility index (Phi) is 5.45. The van der Waals surface area contributed by atoms with E-state index < -0.39 is 6.10 Å². The Morgan fingerprint density at radius 2 is 2.00 bits per heavy atom. The van der Waals surface area contributed by atoms with Crippen molar-refractivity contribution in [3.8, 4) is 5.75 Å². The van der Waals surface area contributed by atoms with E-state index in [1.54, 1.807) is 32.4 Å². The molecular weight excluding hydrogens is 252 g/mol. The molecule has 1 aromatic rings. The van der Waals surface area contributed by atoms with Gasteiger partial charge in [0.25, 0.3) is 0 Å². The fourth-order valence-corrected chi connectivity index (χ4v) is 1.89. The van der Waals surface area contributed by atoms with Gasteiger partial charge >= 0.3 is 0 Å². The number of methoxy groups -OCH3 is 2. The van der Waals surface area contributed by atoms with E-state index in [0.29, 0.717) is 17.2 Å². The van der Waals surface area contributed by atoms with E-state index in [4.69, 9.17) is 21.1 Å². The van der Waals surface area contributed by atoms with Gasteiger partial charge in [0.05, 0.1) is 18.8 Å². The second-order valence-electron chi connectivity index (χ2n) is 4.90. The number of aliphatic hydroxyl groups excluding tert-OH is 1. The van der Waals surface area contributed by atoms with E-state index in [0.717, 1.165) is 12.0 Å². The fourth-order valence-electron chi connectivity index (χ4n) is 1.71. The van der Waals surface area contributed by atoms with Gasteiger partial charge in [-0.15, -0.1) is 0 Å². The van der Waals surface area contributed by atoms with Crippen molar-refractivity contribution >= 4 is 11.6 Å². The first-order valence-corrected chi connectivity index (χ1v) is 6.34. The molecule has 0 spiro atoms. The maximum Gasteiger partial charge on any atom is 0.124 e. The summed E-state index contributed by atoms with van der Waals surface area (Å²) in [5, 5.41) is 10.8. The standard InChI is InChI=1S/C14H21ClO3/c1-14(2,18-4)8-7-12(16)11-9-10(15)5-6-13(11)17-3/h5-6,9,12,16H,7-8H2,1-4H3. The maximum absolute atomic E-state index is 10.2. The van der Waals surface area contributed by atoms with Crippen molar-refractivity contribution in [3.05, 3.63) is 28.8 Å². The Balaban J connectivity index is 2.77. The van der Waals surface area contributed by atoms with Gasteiger partial charge in [0, 0.05) is 17.7 Å². The predicted octanol–water partition coefficient (Wildman–Crippen LogP) is 3.59. The molecule has 1 N–H and O–H groups in total. The minimum Gasteiger partial charge on any atom is -0.496 e. The molecule has 18 heavy (non-hydrogen) atoms. The minimum absolute atomic E-state index is 0.243. The smallest absolute Gasteiger partial charge is 0.124 e. The predicted molar refractivity (Wildman–Crippen MR) is 73.3 cm³/mol. The van der Waals surface area contributed by atoms with Crippen molar-refractivity contribution in [2.75, 3.05) is 14.2 Å². The molecule has 1 atom stereocenters. The third-order valence-corrected chi connectivity index (χ3v) is 3.36. The van der Waals surface area contributed by atoms with Gasteiger partial charge in [-0.1, -0.05) is 11.6 Å². The van der Waals surface area contributed by atoms with Crippen LogP contribution in [0.4, 0.5) is 0 Å². The minimum atomic E-state index is -0.604. The maximum atomic E-state index is 10.2. The van der Waals surface area contributed by atoms with E-state index in [-0.39, 0.29) is 5.60 Å². The molecule has 0 aromatic heterocycles. The van der Waals surface area contributed by atoms with Crippen molar-refractivity contribution in [1.82, 2.24) is 0 Å². The zero-order valence-electron chi connectivity index (χ0n) is 11.4. The van der Waals surface area contributed by atoms with Crippen LogP contribution in [0.3, 0.4) is 0 Å². The van der Waals surface area contributed by atoms with Crippen LogP contribution in [0, 0.1) is 0 Å². The number of hydrogen-bond donors (Lipinski definition) is 1. The Morgan fingerprint density at radius 1 is 1.33 bits per heavy atom. The summed E-state index contributed by atoms with van der Waals surface area (Å²) in [6, 6.07) is 5.25. The van der Waals surface area contributed by atoms with E-state index in [2.05, 4.69) is 0 Å². The van der Waals surface area contributed by atoms with Crippen LogP contribution in [0.2, 0.25) is 5.02 Å². The summed E-state index contributed by atoms with van der Waals surface area (Å²) in [4.78, 5) is 0. The van der Waals surface area contributed by atoms with E-state index >= 15 is 0 Å². The SMILES string of the molecule is COc1ccc(Cl)cc1C(O)CCC(C)(C)OC. The van der Waals surface area contributed by atoms with Gasteiger partial charge in [-0.3, -0.25) is 0 Å². The average Bonchev–Trinajstić information content (AvgIpc) is 2.36. The Morgan fingerprint density at radius 3 is 2.56 bits per heavy atom. The van der Waals surface area contributed by atoms with E-state index in [1.807, 2.05) is 13.8 Å². The second-order valence-corrected chi connectivity index (χ2v) is 5.34. The highest BCUT2D eigenvalue weighted by Crippen LogP contribution is 2.32. The van der Waals surface area contributed by atoms with Gasteiger partial charge < -0.3 is 14.6 Å². The number of aliphatic hydroxyl groups is 1. The van der Waals surface area contributed by atoms with Crippen LogP contribution in [0.15, 0.2) is 18.2 Å². The molecule has 0 bridgehead atoms. The van der Waals surface area contributed by atoms with Gasteiger partial charge in [-0.2, -0.15) is 0 Å². The normalized spacial score (nSPS) is 13.4. The summed E-state index contributed by atoms with van der Waals surface area (Å²) in [6.45, 7) is 3.99. The summed E-state index contributed by atoms with van der Waals surface area (Å²) in [6.07, 6.45) is 0.741. The first kappa shape index (κ1) is 15.3. The zero-order valence-corrected chi connectivity index (χ0v) is 12.1. The number of halogens is 1. The van der Waals surface area contributed by atoms with Gasteiger partial charge in [0.1, 0.15) is 5.75 Å². The highest BCUT2D eigenvalue weighted by Gasteiger charge is 2.21. The average molecular weight is 273 g/mol. The molecule has 0 heterocycles. The van der Waals surface area contributed by atoms with Crippen molar-refractivity contribution in [3.63, 3.8) is 0 Å². The topological polar surface area (TPSA) is 38.7 Å². The molecule has 0 aliphatic rings. The molecule has 0 saturated heterocycles. The van der Waals surface area contributed by atoms with Gasteiger partial charge in [0.15, 0.2) is 0 Å². The molecule has 0 aliphatic carbocycles. The van der Waals surface area contributed by atoms with Crippen LogP contribution in [-0.2, 0) is 4.74 Å². The number of ether oxygens (including phenoxy) is 2. The number of benzene rings is 1. The lowest BCUT2D eigenvalue weighted by Gasteiger charge is -2.24. The Bertz CT molecular complexity index is 391. The summed E-state index contributed by atoms with van der Waals surface area (Å²) in [7, 11) is 3.25. The van der Waals surface area contributed by atoms with Crippen LogP contribution in [0.1, 0.15) is 38.4 Å². The molecule has 4 heteroatoms. The van der Waals surface area contributed by atoms with Crippen molar-refractivity contribution in [2.24, 2.45) is 0 Å². The van der Waals surface area contributed by atoms with E-state index in [9.17, 15) is 5.11 Å². The zero-order chi connectivity index (χ0) is 13.8. The Labute approximate surface area is 114 Å². The van der Waals surface area contributed by atoms with Crippen LogP contribution in [0.25, 0.3) is 0 Å². The van der Waals surface area contributed by atoms with Crippen LogP contribution < -0.4 is 4.74 Å². The quantitative estimate of drug-likeness (QED) is 0.860. The highest BCUT2D eigenvalue weighted by atomic mass is 35.5. The lowest BCUT2D eigenvalue weighted by molar-refractivity contribution is 0.00259. The molecule has 0 fully saturated rings. The molecule has 0 radical (unpaired) electrons.